The predicted octanol–water partition coefficient (Wildman–Crippen LogP) is 2.75. The van der Waals surface area contributed by atoms with Crippen molar-refractivity contribution in [1.29, 1.82) is 5.41 Å². The monoisotopic (exact) mass is 297 g/mol. The van der Waals surface area contributed by atoms with Crippen molar-refractivity contribution in [3.05, 3.63) is 54.1 Å². The van der Waals surface area contributed by atoms with Crippen LogP contribution in [0.2, 0.25) is 0 Å². The molecule has 22 heavy (non-hydrogen) atoms. The maximum Gasteiger partial charge on any atom is 0.182 e. The SMILES string of the molecule is CN(C)c1c(O)cccc1N(C=N)CC(=O)c1ccccc1. The van der Waals surface area contributed by atoms with Crippen molar-refractivity contribution in [3.63, 3.8) is 0 Å². The van der Waals surface area contributed by atoms with Gasteiger partial charge in [-0.15, -0.1) is 0 Å². The lowest BCUT2D eigenvalue weighted by Crippen LogP contribution is -2.29. The molecular formula is C17H19N3O2. The van der Waals surface area contributed by atoms with Crippen LogP contribution in [0, 0.1) is 5.41 Å². The summed E-state index contributed by atoms with van der Waals surface area (Å²) in [6.45, 7) is 0.0395. The van der Waals surface area contributed by atoms with E-state index < -0.39 is 0 Å². The zero-order chi connectivity index (χ0) is 16.1. The Morgan fingerprint density at radius 3 is 2.41 bits per heavy atom. The maximum absolute atomic E-state index is 12.3. The average Bonchev–Trinajstić information content (AvgIpc) is 2.52. The fourth-order valence-corrected chi connectivity index (χ4v) is 2.28. The summed E-state index contributed by atoms with van der Waals surface area (Å²) < 4.78 is 0. The van der Waals surface area contributed by atoms with Crippen molar-refractivity contribution >= 4 is 23.5 Å². The highest BCUT2D eigenvalue weighted by molar-refractivity contribution is 6.03. The van der Waals surface area contributed by atoms with Crippen LogP contribution in [0.15, 0.2) is 48.5 Å². The predicted molar refractivity (Wildman–Crippen MR) is 89.3 cm³/mol. The third-order valence-electron chi connectivity index (χ3n) is 3.32. The van der Waals surface area contributed by atoms with Crippen LogP contribution in [0.4, 0.5) is 11.4 Å². The first-order valence-electron chi connectivity index (χ1n) is 6.89. The molecule has 0 atom stereocenters. The molecule has 2 aromatic rings. The number of benzene rings is 2. The Labute approximate surface area is 129 Å². The molecule has 5 nitrogen and oxygen atoms in total. The van der Waals surface area contributed by atoms with Crippen LogP contribution < -0.4 is 9.80 Å². The Hall–Kier alpha value is -2.82. The van der Waals surface area contributed by atoms with Gasteiger partial charge in [0.1, 0.15) is 11.4 Å². The van der Waals surface area contributed by atoms with E-state index in [1.165, 1.54) is 4.90 Å². The molecule has 0 amide bonds. The number of phenolic OH excluding ortho intramolecular Hbond substituents is 1. The summed E-state index contributed by atoms with van der Waals surface area (Å²) >= 11 is 0. The first kappa shape index (κ1) is 15.6. The van der Waals surface area contributed by atoms with E-state index >= 15 is 0 Å². The summed E-state index contributed by atoms with van der Waals surface area (Å²) in [6, 6.07) is 14.0. The molecular weight excluding hydrogens is 278 g/mol. The van der Waals surface area contributed by atoms with Crippen molar-refractivity contribution < 1.29 is 9.90 Å². The van der Waals surface area contributed by atoms with Crippen molar-refractivity contribution in [1.82, 2.24) is 0 Å². The first-order valence-corrected chi connectivity index (χ1v) is 6.89. The van der Waals surface area contributed by atoms with E-state index in [-0.39, 0.29) is 18.1 Å². The van der Waals surface area contributed by atoms with Crippen molar-refractivity contribution in [2.75, 3.05) is 30.4 Å². The number of hydrogen-bond acceptors (Lipinski definition) is 4. The third kappa shape index (κ3) is 3.25. The van der Waals surface area contributed by atoms with E-state index in [0.29, 0.717) is 16.9 Å². The van der Waals surface area contributed by atoms with Crippen LogP contribution in [-0.2, 0) is 0 Å². The largest absolute Gasteiger partial charge is 0.506 e. The fraction of sp³-hybridized carbons (Fsp3) is 0.176. The Balaban J connectivity index is 2.32. The lowest BCUT2D eigenvalue weighted by Gasteiger charge is -2.25. The van der Waals surface area contributed by atoms with E-state index in [9.17, 15) is 9.90 Å². The molecule has 0 aliphatic rings. The van der Waals surface area contributed by atoms with Crippen LogP contribution in [0.25, 0.3) is 0 Å². The molecule has 0 bridgehead atoms. The van der Waals surface area contributed by atoms with Gasteiger partial charge < -0.3 is 14.9 Å². The van der Waals surface area contributed by atoms with Gasteiger partial charge in [-0.05, 0) is 12.1 Å². The Morgan fingerprint density at radius 1 is 1.14 bits per heavy atom. The van der Waals surface area contributed by atoms with Gasteiger partial charge in [0.2, 0.25) is 0 Å². The average molecular weight is 297 g/mol. The Morgan fingerprint density at radius 2 is 1.82 bits per heavy atom. The van der Waals surface area contributed by atoms with E-state index in [4.69, 9.17) is 5.41 Å². The summed E-state index contributed by atoms with van der Waals surface area (Å²) in [6.07, 6.45) is 1.10. The van der Waals surface area contributed by atoms with Crippen LogP contribution in [0.5, 0.6) is 5.75 Å². The van der Waals surface area contributed by atoms with Crippen LogP contribution in [0.1, 0.15) is 10.4 Å². The molecule has 2 aromatic carbocycles. The summed E-state index contributed by atoms with van der Waals surface area (Å²) in [4.78, 5) is 15.6. The summed E-state index contributed by atoms with van der Waals surface area (Å²) in [5.41, 5.74) is 1.79. The molecule has 0 aliphatic heterocycles. The van der Waals surface area contributed by atoms with Gasteiger partial charge in [-0.3, -0.25) is 10.2 Å². The highest BCUT2D eigenvalue weighted by atomic mass is 16.3. The topological polar surface area (TPSA) is 67.6 Å². The minimum atomic E-state index is -0.0860. The summed E-state index contributed by atoms with van der Waals surface area (Å²) in [5, 5.41) is 17.6. The molecule has 0 aromatic heterocycles. The number of phenols is 1. The van der Waals surface area contributed by atoms with Crippen LogP contribution >= 0.6 is 0 Å². The molecule has 2 N–H and O–H groups in total. The van der Waals surface area contributed by atoms with Crippen LogP contribution in [-0.4, -0.2) is 37.9 Å². The molecule has 0 unspecified atom stereocenters. The molecule has 114 valence electrons. The van der Waals surface area contributed by atoms with E-state index in [2.05, 4.69) is 0 Å². The second kappa shape index (κ2) is 6.76. The number of hydrogen-bond donors (Lipinski definition) is 2. The number of para-hydroxylation sites is 1. The Kier molecular flexibility index (Phi) is 4.78. The quantitative estimate of drug-likeness (QED) is 0.489. The van der Waals surface area contributed by atoms with Crippen molar-refractivity contribution in [2.45, 2.75) is 0 Å². The minimum Gasteiger partial charge on any atom is -0.506 e. The molecule has 0 aliphatic carbocycles. The second-order valence-corrected chi connectivity index (χ2v) is 5.09. The van der Waals surface area contributed by atoms with E-state index in [1.54, 1.807) is 49.3 Å². The molecule has 0 saturated carbocycles. The highest BCUT2D eigenvalue weighted by Gasteiger charge is 2.17. The van der Waals surface area contributed by atoms with Crippen LogP contribution in [0.3, 0.4) is 0 Å². The third-order valence-corrected chi connectivity index (χ3v) is 3.32. The normalized spacial score (nSPS) is 10.1. The van der Waals surface area contributed by atoms with Gasteiger partial charge in [-0.2, -0.15) is 0 Å². The van der Waals surface area contributed by atoms with Gasteiger partial charge >= 0.3 is 0 Å². The maximum atomic E-state index is 12.3. The number of Topliss-reactive ketones (excluding diaryl/α,β-unsaturated/α-hetero) is 1. The van der Waals surface area contributed by atoms with Crippen molar-refractivity contribution in [3.8, 4) is 5.75 Å². The zero-order valence-electron chi connectivity index (χ0n) is 12.7. The van der Waals surface area contributed by atoms with Gasteiger partial charge in [0, 0.05) is 19.7 Å². The standard InChI is InChI=1S/C17H19N3O2/c1-19(2)17-14(9-6-10-15(17)21)20(12-18)11-16(22)13-7-4-3-5-8-13/h3-10,12,18,21H,11H2,1-2H3. The van der Waals surface area contributed by atoms with E-state index in [1.807, 2.05) is 18.2 Å². The number of carbonyl (C=O) groups excluding carboxylic acids is 1. The first-order chi connectivity index (χ1) is 10.5. The number of nitrogens with one attached hydrogen (secondary N) is 1. The number of nitrogens with zero attached hydrogens (tertiary/aromatic N) is 2. The van der Waals surface area contributed by atoms with Gasteiger partial charge in [0.05, 0.1) is 18.6 Å². The minimum absolute atomic E-state index is 0.0395. The number of aromatic hydroxyl groups is 1. The molecule has 0 heterocycles. The molecule has 5 heteroatoms. The fourth-order valence-electron chi connectivity index (χ4n) is 2.28. The number of carbonyl (C=O) groups is 1. The molecule has 0 radical (unpaired) electrons. The smallest absolute Gasteiger partial charge is 0.182 e. The summed E-state index contributed by atoms with van der Waals surface area (Å²) in [5.74, 6) is 0.0265. The number of anilines is 2. The molecule has 0 fully saturated rings. The molecule has 0 spiro atoms. The zero-order valence-corrected chi connectivity index (χ0v) is 12.7. The van der Waals surface area contributed by atoms with Gasteiger partial charge in [0.15, 0.2) is 5.78 Å². The summed E-state index contributed by atoms with van der Waals surface area (Å²) in [7, 11) is 3.61. The highest BCUT2D eigenvalue weighted by Crippen LogP contribution is 2.35. The molecule has 2 rings (SSSR count). The van der Waals surface area contributed by atoms with Gasteiger partial charge in [-0.1, -0.05) is 36.4 Å². The van der Waals surface area contributed by atoms with Gasteiger partial charge in [0.25, 0.3) is 0 Å². The lowest BCUT2D eigenvalue weighted by atomic mass is 10.1. The number of rotatable bonds is 6. The second-order valence-electron chi connectivity index (χ2n) is 5.09. The van der Waals surface area contributed by atoms with Gasteiger partial charge in [-0.25, -0.2) is 0 Å². The number of ketones is 1. The molecule has 0 saturated heterocycles. The lowest BCUT2D eigenvalue weighted by molar-refractivity contribution is 0.100. The van der Waals surface area contributed by atoms with Crippen molar-refractivity contribution in [2.24, 2.45) is 0 Å². The van der Waals surface area contributed by atoms with E-state index in [0.717, 1.165) is 6.34 Å². The Bertz CT molecular complexity index is 669.